The Balaban J connectivity index is 2.17. The molecule has 0 saturated carbocycles. The molecule has 0 spiro atoms. The summed E-state index contributed by atoms with van der Waals surface area (Å²) in [6, 6.07) is 5.04. The van der Waals surface area contributed by atoms with Gasteiger partial charge in [0.1, 0.15) is 6.04 Å². The molecule has 0 fully saturated rings. The Bertz CT molecular complexity index is 972. The average Bonchev–Trinajstić information content (AvgIpc) is 2.76. The van der Waals surface area contributed by atoms with Crippen LogP contribution in [0.3, 0.4) is 0 Å². The van der Waals surface area contributed by atoms with E-state index in [9.17, 15) is 36.3 Å². The minimum atomic E-state index is -2.34. The van der Waals surface area contributed by atoms with Crippen LogP contribution in [0.25, 0.3) is 0 Å². The average molecular weight is 443 g/mol. The second-order valence-electron chi connectivity index (χ2n) is 6.59. The third kappa shape index (κ3) is 5.63. The zero-order valence-corrected chi connectivity index (χ0v) is 16.1. The molecule has 0 saturated heterocycles. The maximum absolute atomic E-state index is 13.9. The first-order chi connectivity index (χ1) is 14.5. The van der Waals surface area contributed by atoms with Crippen LogP contribution >= 0.6 is 0 Å². The van der Waals surface area contributed by atoms with Crippen molar-refractivity contribution >= 4 is 17.6 Å². The van der Waals surface area contributed by atoms with Crippen molar-refractivity contribution in [3.05, 3.63) is 70.5 Å². The molecule has 4 N–H and O–H groups in total. The van der Waals surface area contributed by atoms with E-state index in [-0.39, 0.29) is 5.56 Å². The van der Waals surface area contributed by atoms with Crippen LogP contribution in [0.15, 0.2) is 30.3 Å². The van der Waals surface area contributed by atoms with E-state index in [4.69, 9.17) is 5.73 Å². The Kier molecular flexibility index (Phi) is 7.81. The smallest absolute Gasteiger partial charge is 0.242 e. The third-order valence-corrected chi connectivity index (χ3v) is 4.29. The first-order valence-electron chi connectivity index (χ1n) is 8.94. The molecular weight excluding hydrogens is 425 g/mol. The van der Waals surface area contributed by atoms with E-state index in [1.165, 1.54) is 12.1 Å². The Morgan fingerprint density at radius 2 is 1.42 bits per heavy atom. The maximum atomic E-state index is 13.9. The van der Waals surface area contributed by atoms with Crippen LogP contribution in [0.1, 0.15) is 22.8 Å². The zero-order chi connectivity index (χ0) is 23.3. The van der Waals surface area contributed by atoms with Gasteiger partial charge in [-0.25, -0.2) is 22.0 Å². The quantitative estimate of drug-likeness (QED) is 0.251. The van der Waals surface area contributed by atoms with Crippen molar-refractivity contribution in [2.75, 3.05) is 6.54 Å². The molecular formula is C20H18F5N3O3. The van der Waals surface area contributed by atoms with E-state index in [0.717, 1.165) is 6.92 Å². The molecule has 2 unspecified atom stereocenters. The van der Waals surface area contributed by atoms with Gasteiger partial charge in [-0.05, 0) is 0 Å². The Hall–Kier alpha value is -3.34. The number of ketones is 1. The molecule has 0 aliphatic heterocycles. The van der Waals surface area contributed by atoms with E-state index in [1.807, 2.05) is 0 Å². The highest BCUT2D eigenvalue weighted by molar-refractivity contribution is 6.00. The normalized spacial score (nSPS) is 12.7. The molecule has 6 nitrogen and oxygen atoms in total. The molecule has 2 aromatic carbocycles. The van der Waals surface area contributed by atoms with Crippen molar-refractivity contribution in [1.29, 1.82) is 0 Å². The summed E-state index contributed by atoms with van der Waals surface area (Å²) in [7, 11) is 0. The van der Waals surface area contributed by atoms with Crippen LogP contribution in [0.5, 0.6) is 0 Å². The number of hydrogen-bond donors (Lipinski definition) is 3. The number of hydrogen-bond acceptors (Lipinski definition) is 4. The number of amides is 2. The van der Waals surface area contributed by atoms with Gasteiger partial charge in [-0.1, -0.05) is 30.3 Å². The SMILES string of the molecule is CC(=O)NC(Cc1c(F)c(F)c(F)c(F)c1F)C(=O)NCC(N)C(=O)c1ccccc1. The lowest BCUT2D eigenvalue weighted by molar-refractivity contribution is -0.128. The molecule has 166 valence electrons. The predicted octanol–water partition coefficient (Wildman–Crippen LogP) is 1.76. The summed E-state index contributed by atoms with van der Waals surface area (Å²) < 4.78 is 67.9. The highest BCUT2D eigenvalue weighted by Crippen LogP contribution is 2.24. The minimum absolute atomic E-state index is 0.282. The molecule has 0 aliphatic rings. The summed E-state index contributed by atoms with van der Waals surface area (Å²) in [6.07, 6.45) is -1.03. The molecule has 2 atom stereocenters. The van der Waals surface area contributed by atoms with Gasteiger partial charge in [-0.15, -0.1) is 0 Å². The molecule has 31 heavy (non-hydrogen) atoms. The number of carbonyl (C=O) groups excluding carboxylic acids is 3. The summed E-state index contributed by atoms with van der Waals surface area (Å²) in [5.41, 5.74) is 4.76. The highest BCUT2D eigenvalue weighted by atomic mass is 19.2. The summed E-state index contributed by atoms with van der Waals surface area (Å²) in [5, 5.41) is 4.30. The lowest BCUT2D eigenvalue weighted by Crippen LogP contribution is -2.51. The Morgan fingerprint density at radius 1 is 0.903 bits per heavy atom. The van der Waals surface area contributed by atoms with Crippen LogP contribution in [0.2, 0.25) is 0 Å². The first-order valence-corrected chi connectivity index (χ1v) is 8.94. The largest absolute Gasteiger partial charge is 0.352 e. The number of carbonyl (C=O) groups is 3. The van der Waals surface area contributed by atoms with Crippen molar-refractivity contribution in [2.24, 2.45) is 5.73 Å². The number of nitrogens with one attached hydrogen (secondary N) is 2. The minimum Gasteiger partial charge on any atom is -0.352 e. The van der Waals surface area contributed by atoms with Gasteiger partial charge in [0.15, 0.2) is 29.1 Å². The third-order valence-electron chi connectivity index (χ3n) is 4.29. The van der Waals surface area contributed by atoms with Crippen molar-refractivity contribution < 1.29 is 36.3 Å². The fourth-order valence-corrected chi connectivity index (χ4v) is 2.73. The van der Waals surface area contributed by atoms with Gasteiger partial charge in [-0.2, -0.15) is 0 Å². The first kappa shape index (κ1) is 23.9. The summed E-state index contributed by atoms with van der Waals surface area (Å²) in [4.78, 5) is 36.0. The van der Waals surface area contributed by atoms with Crippen molar-refractivity contribution in [3.63, 3.8) is 0 Å². The van der Waals surface area contributed by atoms with Crippen LogP contribution < -0.4 is 16.4 Å². The Labute approximate surface area is 173 Å². The molecule has 0 aromatic heterocycles. The van der Waals surface area contributed by atoms with Gasteiger partial charge < -0.3 is 16.4 Å². The van der Waals surface area contributed by atoms with Crippen molar-refractivity contribution in [1.82, 2.24) is 10.6 Å². The van der Waals surface area contributed by atoms with Gasteiger partial charge in [0.2, 0.25) is 17.6 Å². The highest BCUT2D eigenvalue weighted by Gasteiger charge is 2.30. The lowest BCUT2D eigenvalue weighted by atomic mass is 10.0. The summed E-state index contributed by atoms with van der Waals surface area (Å²) >= 11 is 0. The topological polar surface area (TPSA) is 101 Å². The van der Waals surface area contributed by atoms with Crippen LogP contribution in [-0.4, -0.2) is 36.2 Å². The van der Waals surface area contributed by atoms with Gasteiger partial charge in [0.25, 0.3) is 0 Å². The zero-order valence-electron chi connectivity index (χ0n) is 16.1. The van der Waals surface area contributed by atoms with Crippen LogP contribution in [0, 0.1) is 29.1 Å². The Morgan fingerprint density at radius 3 is 1.94 bits per heavy atom. The maximum Gasteiger partial charge on any atom is 0.242 e. The van der Waals surface area contributed by atoms with E-state index in [0.29, 0.717) is 0 Å². The number of rotatable bonds is 8. The number of Topliss-reactive ketones (excluding diaryl/α,β-unsaturated/α-hetero) is 1. The van der Waals surface area contributed by atoms with Gasteiger partial charge >= 0.3 is 0 Å². The lowest BCUT2D eigenvalue weighted by Gasteiger charge is -2.20. The van der Waals surface area contributed by atoms with Gasteiger partial charge in [-0.3, -0.25) is 14.4 Å². The fraction of sp³-hybridized carbons (Fsp3) is 0.250. The van der Waals surface area contributed by atoms with Crippen LogP contribution in [-0.2, 0) is 16.0 Å². The van der Waals surface area contributed by atoms with E-state index in [2.05, 4.69) is 10.6 Å². The molecule has 0 radical (unpaired) electrons. The molecule has 2 rings (SSSR count). The standard InChI is InChI=1S/C20H18F5N3O3/c1-9(29)28-13(7-11-14(21)16(23)18(25)17(24)15(11)22)20(31)27-8-12(26)19(30)10-5-3-2-4-6-10/h2-6,12-13H,7-8,26H2,1H3,(H,27,31)(H,28,29). The number of halogens is 5. The number of benzene rings is 2. The summed E-state index contributed by atoms with van der Waals surface area (Å²) in [5.74, 6) is -13.3. The van der Waals surface area contributed by atoms with Crippen molar-refractivity contribution in [3.8, 4) is 0 Å². The number of nitrogens with two attached hydrogens (primary N) is 1. The molecule has 11 heteroatoms. The van der Waals surface area contributed by atoms with Gasteiger partial charge in [0.05, 0.1) is 6.04 Å². The predicted molar refractivity (Wildman–Crippen MR) is 99.3 cm³/mol. The van der Waals surface area contributed by atoms with E-state index >= 15 is 0 Å². The van der Waals surface area contributed by atoms with Gasteiger partial charge in [0, 0.05) is 31.0 Å². The molecule has 2 amide bonds. The second kappa shape index (κ2) is 10.1. The molecule has 2 aromatic rings. The molecule has 0 bridgehead atoms. The second-order valence-corrected chi connectivity index (χ2v) is 6.59. The van der Waals surface area contributed by atoms with E-state index in [1.54, 1.807) is 18.2 Å². The molecule has 0 heterocycles. The fourth-order valence-electron chi connectivity index (χ4n) is 2.73. The monoisotopic (exact) mass is 443 g/mol. The van der Waals surface area contributed by atoms with E-state index < -0.39 is 77.3 Å². The summed E-state index contributed by atoms with van der Waals surface area (Å²) in [6.45, 7) is 0.587. The van der Waals surface area contributed by atoms with Crippen molar-refractivity contribution in [2.45, 2.75) is 25.4 Å². The molecule has 0 aliphatic carbocycles. The van der Waals surface area contributed by atoms with Crippen LogP contribution in [0.4, 0.5) is 22.0 Å².